The Labute approximate surface area is 136 Å². The summed E-state index contributed by atoms with van der Waals surface area (Å²) in [4.78, 5) is 7.15. The summed E-state index contributed by atoms with van der Waals surface area (Å²) < 4.78 is 38.5. The van der Waals surface area contributed by atoms with E-state index >= 15 is 0 Å². The number of imidazole rings is 1. The summed E-state index contributed by atoms with van der Waals surface area (Å²) in [5.74, 6) is 0.366. The minimum absolute atomic E-state index is 0.0404. The standard InChI is InChI=1S/C17H12ClF3N2/c18-13-8-4-7-12(9-13)16-22-14(10-17(19,20)21)15(23-16)11-5-2-1-3-6-11/h1-9H,10H2,(H,22,23). The molecule has 2 nitrogen and oxygen atoms in total. The molecule has 0 atom stereocenters. The quantitative estimate of drug-likeness (QED) is 0.672. The zero-order valence-corrected chi connectivity index (χ0v) is 12.6. The zero-order chi connectivity index (χ0) is 16.4. The molecule has 0 aliphatic rings. The van der Waals surface area contributed by atoms with Gasteiger partial charge in [-0.05, 0) is 12.1 Å². The normalized spacial score (nSPS) is 11.7. The van der Waals surface area contributed by atoms with E-state index < -0.39 is 12.6 Å². The van der Waals surface area contributed by atoms with Gasteiger partial charge in [-0.15, -0.1) is 0 Å². The van der Waals surface area contributed by atoms with E-state index in [1.807, 2.05) is 0 Å². The molecule has 23 heavy (non-hydrogen) atoms. The van der Waals surface area contributed by atoms with Gasteiger partial charge in [0.15, 0.2) is 0 Å². The first kappa shape index (κ1) is 15.6. The third-order valence-corrected chi connectivity index (χ3v) is 3.54. The van der Waals surface area contributed by atoms with Gasteiger partial charge < -0.3 is 4.98 Å². The fourth-order valence-corrected chi connectivity index (χ4v) is 2.54. The summed E-state index contributed by atoms with van der Waals surface area (Å²) in [5, 5.41) is 0.498. The van der Waals surface area contributed by atoms with Gasteiger partial charge in [-0.2, -0.15) is 13.2 Å². The summed E-state index contributed by atoms with van der Waals surface area (Å²) in [6, 6.07) is 15.6. The molecule has 0 saturated carbocycles. The van der Waals surface area contributed by atoms with Crippen molar-refractivity contribution in [2.24, 2.45) is 0 Å². The van der Waals surface area contributed by atoms with Gasteiger partial charge in [0.2, 0.25) is 0 Å². The van der Waals surface area contributed by atoms with Crippen LogP contribution in [-0.2, 0) is 6.42 Å². The van der Waals surface area contributed by atoms with Crippen molar-refractivity contribution in [3.63, 3.8) is 0 Å². The molecule has 0 radical (unpaired) electrons. The first-order valence-electron chi connectivity index (χ1n) is 6.89. The number of halogens is 4. The maximum absolute atomic E-state index is 12.8. The molecular weight excluding hydrogens is 325 g/mol. The van der Waals surface area contributed by atoms with E-state index in [-0.39, 0.29) is 5.69 Å². The zero-order valence-electron chi connectivity index (χ0n) is 11.9. The highest BCUT2D eigenvalue weighted by molar-refractivity contribution is 6.30. The number of alkyl halides is 3. The van der Waals surface area contributed by atoms with E-state index in [1.165, 1.54) is 0 Å². The van der Waals surface area contributed by atoms with Gasteiger partial charge in [0.05, 0.1) is 17.8 Å². The van der Waals surface area contributed by atoms with Crippen LogP contribution < -0.4 is 0 Å². The average molecular weight is 337 g/mol. The molecule has 6 heteroatoms. The van der Waals surface area contributed by atoms with E-state index in [0.717, 1.165) is 0 Å². The van der Waals surface area contributed by atoms with Crippen LogP contribution in [0.15, 0.2) is 54.6 Å². The number of benzene rings is 2. The van der Waals surface area contributed by atoms with Gasteiger partial charge in [-0.25, -0.2) is 4.98 Å². The van der Waals surface area contributed by atoms with Crippen molar-refractivity contribution in [1.82, 2.24) is 9.97 Å². The minimum Gasteiger partial charge on any atom is -0.341 e. The first-order chi connectivity index (χ1) is 10.9. The number of aromatic nitrogens is 2. The predicted octanol–water partition coefficient (Wildman–Crippen LogP) is 5.50. The molecule has 0 aliphatic heterocycles. The molecule has 0 saturated heterocycles. The van der Waals surface area contributed by atoms with Crippen molar-refractivity contribution in [3.8, 4) is 22.6 Å². The molecule has 0 spiro atoms. The van der Waals surface area contributed by atoms with Crippen LogP contribution in [0.1, 0.15) is 5.69 Å². The van der Waals surface area contributed by atoms with Crippen LogP contribution in [0.4, 0.5) is 13.2 Å². The number of H-pyrrole nitrogens is 1. The van der Waals surface area contributed by atoms with Crippen LogP contribution in [-0.4, -0.2) is 16.1 Å². The summed E-state index contributed by atoms with van der Waals surface area (Å²) in [6.07, 6.45) is -5.38. The van der Waals surface area contributed by atoms with Gasteiger partial charge in [0, 0.05) is 16.1 Å². The van der Waals surface area contributed by atoms with E-state index in [1.54, 1.807) is 54.6 Å². The molecule has 0 aliphatic carbocycles. The van der Waals surface area contributed by atoms with Crippen molar-refractivity contribution < 1.29 is 13.2 Å². The van der Waals surface area contributed by atoms with Crippen LogP contribution in [0, 0.1) is 0 Å². The molecule has 3 aromatic rings. The van der Waals surface area contributed by atoms with Gasteiger partial charge in [-0.1, -0.05) is 54.1 Å². The van der Waals surface area contributed by atoms with E-state index in [4.69, 9.17) is 11.6 Å². The van der Waals surface area contributed by atoms with Crippen molar-refractivity contribution in [1.29, 1.82) is 0 Å². The van der Waals surface area contributed by atoms with Crippen molar-refractivity contribution in [2.75, 3.05) is 0 Å². The van der Waals surface area contributed by atoms with Crippen LogP contribution in [0.25, 0.3) is 22.6 Å². The molecule has 1 heterocycles. The molecule has 0 amide bonds. The molecule has 1 N–H and O–H groups in total. The lowest BCUT2D eigenvalue weighted by molar-refractivity contribution is -0.127. The lowest BCUT2D eigenvalue weighted by Crippen LogP contribution is -2.12. The Bertz CT molecular complexity index is 810. The molecule has 2 aromatic carbocycles. The van der Waals surface area contributed by atoms with Gasteiger partial charge >= 0.3 is 6.18 Å². The third-order valence-electron chi connectivity index (χ3n) is 3.30. The van der Waals surface area contributed by atoms with E-state index in [0.29, 0.717) is 27.7 Å². The Morgan fingerprint density at radius 3 is 2.30 bits per heavy atom. The van der Waals surface area contributed by atoms with Crippen LogP contribution >= 0.6 is 11.6 Å². The fraction of sp³-hybridized carbons (Fsp3) is 0.118. The highest BCUT2D eigenvalue weighted by atomic mass is 35.5. The third kappa shape index (κ3) is 3.74. The number of hydrogen-bond donors (Lipinski definition) is 1. The molecule has 1 aromatic heterocycles. The lowest BCUT2D eigenvalue weighted by atomic mass is 10.1. The summed E-state index contributed by atoms with van der Waals surface area (Å²) >= 11 is 5.94. The number of hydrogen-bond acceptors (Lipinski definition) is 1. The fourth-order valence-electron chi connectivity index (χ4n) is 2.35. The molecule has 3 rings (SSSR count). The predicted molar refractivity (Wildman–Crippen MR) is 84.2 cm³/mol. The molecular formula is C17H12ClF3N2. The van der Waals surface area contributed by atoms with E-state index in [9.17, 15) is 13.2 Å². The Morgan fingerprint density at radius 2 is 1.65 bits per heavy atom. The van der Waals surface area contributed by atoms with Crippen molar-refractivity contribution in [3.05, 3.63) is 65.3 Å². The highest BCUT2D eigenvalue weighted by Crippen LogP contribution is 2.31. The van der Waals surface area contributed by atoms with E-state index in [2.05, 4.69) is 9.97 Å². The van der Waals surface area contributed by atoms with Gasteiger partial charge in [0.1, 0.15) is 5.82 Å². The topological polar surface area (TPSA) is 28.7 Å². The second-order valence-electron chi connectivity index (χ2n) is 5.08. The Morgan fingerprint density at radius 1 is 0.957 bits per heavy atom. The second kappa shape index (κ2) is 6.08. The van der Waals surface area contributed by atoms with Crippen LogP contribution in [0.3, 0.4) is 0 Å². The number of aromatic amines is 1. The van der Waals surface area contributed by atoms with Gasteiger partial charge in [-0.3, -0.25) is 0 Å². The molecule has 0 unspecified atom stereocenters. The molecule has 118 valence electrons. The maximum Gasteiger partial charge on any atom is 0.394 e. The number of rotatable bonds is 3. The van der Waals surface area contributed by atoms with Crippen molar-refractivity contribution >= 4 is 11.6 Å². The number of nitrogens with one attached hydrogen (secondary N) is 1. The minimum atomic E-state index is -4.32. The largest absolute Gasteiger partial charge is 0.394 e. The maximum atomic E-state index is 12.8. The lowest BCUT2D eigenvalue weighted by Gasteiger charge is -2.06. The average Bonchev–Trinajstić information content (AvgIpc) is 2.90. The SMILES string of the molecule is FC(F)(F)Cc1[nH]c(-c2cccc(Cl)c2)nc1-c1ccccc1. The Kier molecular flexibility index (Phi) is 4.13. The van der Waals surface area contributed by atoms with Gasteiger partial charge in [0.25, 0.3) is 0 Å². The van der Waals surface area contributed by atoms with Crippen LogP contribution in [0.2, 0.25) is 5.02 Å². The second-order valence-corrected chi connectivity index (χ2v) is 5.52. The Balaban J connectivity index is 2.10. The van der Waals surface area contributed by atoms with Crippen molar-refractivity contribution in [2.45, 2.75) is 12.6 Å². The Hall–Kier alpha value is -2.27. The first-order valence-corrected chi connectivity index (χ1v) is 7.27. The summed E-state index contributed by atoms with van der Waals surface area (Å²) in [6.45, 7) is 0. The molecule has 0 bridgehead atoms. The number of nitrogens with zero attached hydrogens (tertiary/aromatic N) is 1. The monoisotopic (exact) mass is 336 g/mol. The summed E-state index contributed by atoms with van der Waals surface area (Å²) in [7, 11) is 0. The highest BCUT2D eigenvalue weighted by Gasteiger charge is 2.31. The molecule has 0 fully saturated rings. The smallest absolute Gasteiger partial charge is 0.341 e. The summed E-state index contributed by atoms with van der Waals surface area (Å²) in [5.41, 5.74) is 1.62. The van der Waals surface area contributed by atoms with Crippen LogP contribution in [0.5, 0.6) is 0 Å².